The Balaban J connectivity index is 4.14. The number of hydrogen-bond acceptors (Lipinski definition) is 2. The van der Waals surface area contributed by atoms with Crippen LogP contribution >= 0.6 is 11.6 Å². The van der Waals surface area contributed by atoms with Crippen LogP contribution in [0.25, 0.3) is 0 Å². The third-order valence-electron chi connectivity index (χ3n) is 1.11. The molecule has 0 rings (SSSR count). The molecule has 0 spiro atoms. The molecule has 0 aromatic rings. The van der Waals surface area contributed by atoms with Gasteiger partial charge in [0.15, 0.2) is 0 Å². The molecule has 1 N–H and O–H groups in total. The molecule has 2 nitrogen and oxygen atoms in total. The third-order valence-corrected chi connectivity index (χ3v) is 1.37. The van der Waals surface area contributed by atoms with Gasteiger partial charge in [-0.2, -0.15) is 0 Å². The third kappa shape index (κ3) is 2.70. The van der Waals surface area contributed by atoms with Crippen LogP contribution in [-0.2, 0) is 0 Å². The Morgan fingerprint density at radius 2 is 2.00 bits per heavy atom. The predicted molar refractivity (Wildman–Crippen MR) is 39.4 cm³/mol. The maximum absolute atomic E-state index is 8.37. The van der Waals surface area contributed by atoms with Gasteiger partial charge in [-0.05, 0) is 0 Å². The van der Waals surface area contributed by atoms with Crippen LogP contribution in [0.2, 0.25) is 0 Å². The average molecular weight is 150 g/mol. The first-order chi connectivity index (χ1) is 4.02. The molecule has 0 aromatic carbocycles. The average Bonchev–Trinajstić information content (AvgIpc) is 1.65. The molecule has 0 aliphatic rings. The van der Waals surface area contributed by atoms with Gasteiger partial charge in [-0.25, -0.2) is 0 Å². The van der Waals surface area contributed by atoms with Crippen LogP contribution in [0.3, 0.4) is 0 Å². The van der Waals surface area contributed by atoms with E-state index in [1.165, 1.54) is 0 Å². The van der Waals surface area contributed by atoms with E-state index in [2.05, 4.69) is 5.16 Å². The molecule has 0 fully saturated rings. The van der Waals surface area contributed by atoms with Gasteiger partial charge in [0, 0.05) is 5.41 Å². The number of alkyl halides is 1. The standard InChI is InChI=1S/C6H12ClNO/c1-6(2,3)5(4-7)8-9/h9H,4H2,1-3H3/b8-5+. The minimum Gasteiger partial charge on any atom is -0.411 e. The van der Waals surface area contributed by atoms with E-state index in [9.17, 15) is 0 Å². The molecule has 0 aliphatic heterocycles. The fourth-order valence-corrected chi connectivity index (χ4v) is 0.832. The van der Waals surface area contributed by atoms with Gasteiger partial charge < -0.3 is 5.21 Å². The van der Waals surface area contributed by atoms with Crippen LogP contribution in [0.1, 0.15) is 20.8 Å². The summed E-state index contributed by atoms with van der Waals surface area (Å²) in [6, 6.07) is 0. The molecule has 9 heavy (non-hydrogen) atoms. The quantitative estimate of drug-likeness (QED) is 0.263. The van der Waals surface area contributed by atoms with Gasteiger partial charge >= 0.3 is 0 Å². The van der Waals surface area contributed by atoms with Gasteiger partial charge in [-0.15, -0.1) is 11.6 Å². The Morgan fingerprint density at radius 3 is 2.00 bits per heavy atom. The Hall–Kier alpha value is -0.240. The minimum absolute atomic E-state index is 0.115. The number of hydrogen-bond donors (Lipinski definition) is 1. The predicted octanol–water partition coefficient (Wildman–Crippen LogP) is 2.10. The Labute approximate surface area is 60.5 Å². The summed E-state index contributed by atoms with van der Waals surface area (Å²) < 4.78 is 0. The van der Waals surface area contributed by atoms with Crippen LogP contribution in [0, 0.1) is 5.41 Å². The van der Waals surface area contributed by atoms with Crippen molar-refractivity contribution in [3.05, 3.63) is 0 Å². The summed E-state index contributed by atoms with van der Waals surface area (Å²) >= 11 is 5.46. The first-order valence-corrected chi connectivity index (χ1v) is 3.33. The normalized spacial score (nSPS) is 14.0. The molecule has 0 atom stereocenters. The zero-order valence-electron chi connectivity index (χ0n) is 5.98. The van der Waals surface area contributed by atoms with E-state index < -0.39 is 0 Å². The van der Waals surface area contributed by atoms with E-state index in [1.807, 2.05) is 20.8 Å². The van der Waals surface area contributed by atoms with E-state index in [0.29, 0.717) is 11.6 Å². The topological polar surface area (TPSA) is 32.6 Å². The Kier molecular flexibility index (Phi) is 2.98. The van der Waals surface area contributed by atoms with Crippen molar-refractivity contribution in [3.63, 3.8) is 0 Å². The Bertz CT molecular complexity index is 115. The van der Waals surface area contributed by atoms with Crippen LogP contribution < -0.4 is 0 Å². The SMILES string of the molecule is CC(C)(C)/C(CCl)=N/O. The largest absolute Gasteiger partial charge is 0.411 e. The van der Waals surface area contributed by atoms with E-state index in [-0.39, 0.29) is 5.41 Å². The van der Waals surface area contributed by atoms with Gasteiger partial charge in [-0.3, -0.25) is 0 Å². The highest BCUT2D eigenvalue weighted by Gasteiger charge is 2.17. The second-order valence-electron chi connectivity index (χ2n) is 2.93. The lowest BCUT2D eigenvalue weighted by molar-refractivity contribution is 0.310. The zero-order valence-corrected chi connectivity index (χ0v) is 6.74. The van der Waals surface area contributed by atoms with Crippen LogP contribution in [0.15, 0.2) is 5.16 Å². The Morgan fingerprint density at radius 1 is 1.56 bits per heavy atom. The summed E-state index contributed by atoms with van der Waals surface area (Å²) in [5.74, 6) is 0.292. The van der Waals surface area contributed by atoms with E-state index in [4.69, 9.17) is 16.8 Å². The maximum atomic E-state index is 8.37. The number of rotatable bonds is 1. The lowest BCUT2D eigenvalue weighted by Crippen LogP contribution is -2.21. The van der Waals surface area contributed by atoms with E-state index >= 15 is 0 Å². The summed E-state index contributed by atoms with van der Waals surface area (Å²) in [5, 5.41) is 11.4. The molecule has 0 radical (unpaired) electrons. The molecule has 54 valence electrons. The molecule has 0 heterocycles. The van der Waals surface area contributed by atoms with Crippen molar-refractivity contribution >= 4 is 17.3 Å². The first-order valence-electron chi connectivity index (χ1n) is 2.79. The van der Waals surface area contributed by atoms with Crippen molar-refractivity contribution in [1.82, 2.24) is 0 Å². The van der Waals surface area contributed by atoms with Crippen molar-refractivity contribution in [2.75, 3.05) is 5.88 Å². The van der Waals surface area contributed by atoms with Gasteiger partial charge in [0.25, 0.3) is 0 Å². The van der Waals surface area contributed by atoms with Crippen LogP contribution in [-0.4, -0.2) is 16.8 Å². The van der Waals surface area contributed by atoms with E-state index in [1.54, 1.807) is 0 Å². The summed E-state index contributed by atoms with van der Waals surface area (Å²) in [6.45, 7) is 5.85. The van der Waals surface area contributed by atoms with Crippen molar-refractivity contribution in [2.24, 2.45) is 10.6 Å². The number of nitrogens with zero attached hydrogens (tertiary/aromatic N) is 1. The summed E-state index contributed by atoms with van der Waals surface area (Å²) in [5.41, 5.74) is 0.500. The second kappa shape index (κ2) is 3.06. The second-order valence-corrected chi connectivity index (χ2v) is 3.20. The van der Waals surface area contributed by atoms with Crippen molar-refractivity contribution in [2.45, 2.75) is 20.8 Å². The van der Waals surface area contributed by atoms with Gasteiger partial charge in [0.05, 0.1) is 11.6 Å². The van der Waals surface area contributed by atoms with E-state index in [0.717, 1.165) is 0 Å². The highest BCUT2D eigenvalue weighted by Crippen LogP contribution is 2.16. The molecule has 3 heteroatoms. The number of oxime groups is 1. The van der Waals surface area contributed by atoms with Crippen molar-refractivity contribution in [3.8, 4) is 0 Å². The van der Waals surface area contributed by atoms with Gasteiger partial charge in [0.2, 0.25) is 0 Å². The maximum Gasteiger partial charge on any atom is 0.0771 e. The lowest BCUT2D eigenvalue weighted by Gasteiger charge is -2.16. The fraction of sp³-hybridized carbons (Fsp3) is 0.833. The summed E-state index contributed by atoms with van der Waals surface area (Å²) in [7, 11) is 0. The molecule has 0 unspecified atom stereocenters. The highest BCUT2D eigenvalue weighted by atomic mass is 35.5. The fourth-order valence-electron chi connectivity index (χ4n) is 0.377. The molecule has 0 aromatic heterocycles. The monoisotopic (exact) mass is 149 g/mol. The highest BCUT2D eigenvalue weighted by molar-refractivity contribution is 6.29. The first kappa shape index (κ1) is 8.76. The lowest BCUT2D eigenvalue weighted by atomic mass is 9.91. The molecular weight excluding hydrogens is 138 g/mol. The molecule has 0 saturated carbocycles. The van der Waals surface area contributed by atoms with Crippen molar-refractivity contribution < 1.29 is 5.21 Å². The number of halogens is 1. The van der Waals surface area contributed by atoms with Crippen LogP contribution in [0.4, 0.5) is 0 Å². The molecule has 0 saturated heterocycles. The summed E-state index contributed by atoms with van der Waals surface area (Å²) in [4.78, 5) is 0. The van der Waals surface area contributed by atoms with Gasteiger partial charge in [-0.1, -0.05) is 25.9 Å². The molecule has 0 aliphatic carbocycles. The van der Waals surface area contributed by atoms with Gasteiger partial charge in [0.1, 0.15) is 0 Å². The van der Waals surface area contributed by atoms with Crippen LogP contribution in [0.5, 0.6) is 0 Å². The smallest absolute Gasteiger partial charge is 0.0771 e. The van der Waals surface area contributed by atoms with Crippen molar-refractivity contribution in [1.29, 1.82) is 0 Å². The molecular formula is C6H12ClNO. The molecule has 0 amide bonds. The minimum atomic E-state index is -0.115. The summed E-state index contributed by atoms with van der Waals surface area (Å²) in [6.07, 6.45) is 0. The zero-order chi connectivity index (χ0) is 7.49. The molecule has 0 bridgehead atoms.